The highest BCUT2D eigenvalue weighted by Crippen LogP contribution is 2.42. The Morgan fingerprint density at radius 2 is 1.54 bits per heavy atom. The zero-order valence-electron chi connectivity index (χ0n) is 43.3. The third-order valence-electron chi connectivity index (χ3n) is 15.4. The van der Waals surface area contributed by atoms with Crippen molar-refractivity contribution in [1.29, 1.82) is 0 Å². The van der Waals surface area contributed by atoms with Crippen molar-refractivity contribution in [2.75, 3.05) is 27.8 Å². The number of aryl methyl sites for hydroxylation is 2. The van der Waals surface area contributed by atoms with Gasteiger partial charge in [0.15, 0.2) is 12.6 Å². The number of hydrogen-bond donors (Lipinski definition) is 5. The summed E-state index contributed by atoms with van der Waals surface area (Å²) in [6.45, 7) is 17.9. The van der Waals surface area contributed by atoms with Gasteiger partial charge in [-0.2, -0.15) is 0 Å². The van der Waals surface area contributed by atoms with Gasteiger partial charge in [-0.05, 0) is 92.0 Å². The number of benzene rings is 1. The number of primary sulfonamides is 1. The van der Waals surface area contributed by atoms with E-state index in [1.165, 1.54) is 40.2 Å². The second-order valence-electron chi connectivity index (χ2n) is 20.8. The third kappa shape index (κ3) is 13.2. The van der Waals surface area contributed by atoms with Gasteiger partial charge in [-0.3, -0.25) is 14.3 Å². The number of nitrogens with zero attached hydrogens (tertiary/aromatic N) is 4. The van der Waals surface area contributed by atoms with Gasteiger partial charge in [0.25, 0.3) is 0 Å². The van der Waals surface area contributed by atoms with E-state index < -0.39 is 118 Å². The number of carbonyl (C=O) groups excluding carboxylic acids is 2. The lowest BCUT2D eigenvalue weighted by atomic mass is 9.74. The second-order valence-corrected chi connectivity index (χ2v) is 22.4. The van der Waals surface area contributed by atoms with Gasteiger partial charge < -0.3 is 58.5 Å². The molecule has 3 fully saturated rings. The summed E-state index contributed by atoms with van der Waals surface area (Å²) < 4.78 is 69.7. The van der Waals surface area contributed by atoms with E-state index in [1.54, 1.807) is 58.4 Å². The molecule has 2 aromatic rings. The summed E-state index contributed by atoms with van der Waals surface area (Å²) in [5, 5.41) is 60.6. The zero-order chi connectivity index (χ0) is 52.3. The number of carbonyl (C=O) groups is 2. The first-order valence-electron chi connectivity index (χ1n) is 24.5. The molecule has 1 aromatic carbocycles. The van der Waals surface area contributed by atoms with Crippen molar-refractivity contribution in [3.63, 3.8) is 0 Å². The van der Waals surface area contributed by atoms with Crippen LogP contribution in [0.5, 0.6) is 0 Å². The first kappa shape index (κ1) is 57.9. The van der Waals surface area contributed by atoms with Crippen LogP contribution in [0.1, 0.15) is 106 Å². The van der Waals surface area contributed by atoms with Gasteiger partial charge in [0, 0.05) is 70.1 Å². The number of Topliss-reactive ketones (excluding diaryl/α,β-unsaturated/α-hetero) is 1. The molecule has 18 atom stereocenters. The first-order chi connectivity index (χ1) is 32.6. The van der Waals surface area contributed by atoms with Crippen molar-refractivity contribution in [3.05, 3.63) is 41.7 Å². The summed E-state index contributed by atoms with van der Waals surface area (Å²) >= 11 is 0. The molecular weight excluding hydrogens is 931 g/mol. The number of cyclic esters (lactones) is 1. The number of methoxy groups -OCH3 is 2. The molecule has 3 aliphatic heterocycles. The van der Waals surface area contributed by atoms with Crippen LogP contribution < -0.4 is 5.14 Å². The molecular formula is C49H81N5O15S. The number of aliphatic hydroxyl groups excluding tert-OH is 3. The predicted molar refractivity (Wildman–Crippen MR) is 255 cm³/mol. The highest BCUT2D eigenvalue weighted by Gasteiger charge is 2.54. The molecule has 70 heavy (non-hydrogen) atoms. The normalized spacial score (nSPS) is 39.7. The number of aliphatic hydroxyl groups is 4. The molecule has 0 bridgehead atoms. The van der Waals surface area contributed by atoms with Gasteiger partial charge in [0.1, 0.15) is 29.7 Å². The maximum absolute atomic E-state index is 14.4. The van der Waals surface area contributed by atoms with Gasteiger partial charge in [-0.25, -0.2) is 13.6 Å². The fourth-order valence-corrected chi connectivity index (χ4v) is 11.1. The summed E-state index contributed by atoms with van der Waals surface area (Å²) in [5.74, 6) is -4.80. The van der Waals surface area contributed by atoms with Crippen LogP contribution in [0.15, 0.2) is 35.4 Å². The average Bonchev–Trinajstić information content (AvgIpc) is 3.78. The third-order valence-corrected chi connectivity index (χ3v) is 16.3. The summed E-state index contributed by atoms with van der Waals surface area (Å²) in [4.78, 5) is 30.7. The van der Waals surface area contributed by atoms with Crippen molar-refractivity contribution < 1.29 is 71.6 Å². The first-order valence-corrected chi connectivity index (χ1v) is 26.1. The summed E-state index contributed by atoms with van der Waals surface area (Å²) in [6.07, 6.45) is -6.83. The van der Waals surface area contributed by atoms with E-state index in [9.17, 15) is 38.4 Å². The zero-order valence-corrected chi connectivity index (χ0v) is 44.1. The van der Waals surface area contributed by atoms with Crippen LogP contribution in [0.25, 0.3) is 0 Å². The number of rotatable bonds is 15. The molecule has 20 nitrogen and oxygen atoms in total. The topological polar surface area (TPSA) is 274 Å². The van der Waals surface area contributed by atoms with Gasteiger partial charge in [-0.1, -0.05) is 45.0 Å². The monoisotopic (exact) mass is 1010 g/mol. The molecule has 398 valence electrons. The van der Waals surface area contributed by atoms with E-state index >= 15 is 0 Å². The summed E-state index contributed by atoms with van der Waals surface area (Å²) in [5.41, 5.74) is -2.79. The standard InChI is InChI=1S/C49H81N5O15S/c1-14-37-49(10,60)42(57)29(4)39(55)27(2)24-48(9,64-13)44(30(5)41(31(6)45(59)67-37)68-38-25-47(8,63-12)43(58)32(7)66-38)69-46-40(56)36(23-28(3)65-46)53(11)21-20-34-26-54(52-51-34)22-19-33-15-17-35(18-16-33)70(50,61)62/h15-18,26-32,36-38,40-44,46,56-58,60H,14,19-25H2,1-13H3,(H2,50,61,62)/t27-,28-,29+,30+,31-,32+,36+,37-,38+,40-,41+,42-,43+,44-,46+,47-,48-,49-/m1/s1. The number of aromatic nitrogens is 3. The van der Waals surface area contributed by atoms with Crippen LogP contribution in [0.4, 0.5) is 0 Å². The van der Waals surface area contributed by atoms with Crippen LogP contribution in [0.2, 0.25) is 0 Å². The number of likely N-dealkylation sites (N-methyl/N-ethyl adjacent to an activating group) is 1. The number of hydrogen-bond acceptors (Lipinski definition) is 18. The minimum absolute atomic E-state index is 0.0435. The largest absolute Gasteiger partial charge is 0.459 e. The van der Waals surface area contributed by atoms with Crippen LogP contribution in [0, 0.1) is 23.7 Å². The molecule has 1 aromatic heterocycles. The number of esters is 1. The molecule has 4 heterocycles. The number of ketones is 1. The highest BCUT2D eigenvalue weighted by atomic mass is 32.2. The van der Waals surface area contributed by atoms with Crippen LogP contribution >= 0.6 is 0 Å². The Bertz CT molecular complexity index is 2150. The van der Waals surface area contributed by atoms with Gasteiger partial charge >= 0.3 is 5.97 Å². The Hall–Kier alpha value is -3.03. The Morgan fingerprint density at radius 3 is 2.14 bits per heavy atom. The van der Waals surface area contributed by atoms with Gasteiger partial charge in [0.05, 0.1) is 58.2 Å². The van der Waals surface area contributed by atoms with E-state index in [1.807, 2.05) is 32.0 Å². The number of sulfonamides is 1. The van der Waals surface area contributed by atoms with Crippen molar-refractivity contribution in [2.45, 2.75) is 203 Å². The van der Waals surface area contributed by atoms with E-state index in [0.717, 1.165) is 11.3 Å². The van der Waals surface area contributed by atoms with Crippen molar-refractivity contribution >= 4 is 21.8 Å². The molecule has 0 spiro atoms. The van der Waals surface area contributed by atoms with Gasteiger partial charge in [-0.15, -0.1) is 5.10 Å². The molecule has 0 radical (unpaired) electrons. The van der Waals surface area contributed by atoms with E-state index in [4.69, 9.17) is 38.3 Å². The van der Waals surface area contributed by atoms with Crippen molar-refractivity contribution in [3.8, 4) is 0 Å². The maximum atomic E-state index is 14.4. The number of ether oxygens (including phenoxy) is 7. The lowest BCUT2D eigenvalue weighted by Gasteiger charge is -2.50. The van der Waals surface area contributed by atoms with E-state index in [2.05, 4.69) is 10.3 Å². The maximum Gasteiger partial charge on any atom is 0.311 e. The number of nitrogens with two attached hydrogens (primary N) is 1. The van der Waals surface area contributed by atoms with Gasteiger partial charge in [0.2, 0.25) is 10.0 Å². The van der Waals surface area contributed by atoms with Crippen molar-refractivity contribution in [2.24, 2.45) is 28.8 Å². The molecule has 21 heteroatoms. The molecule has 0 unspecified atom stereocenters. The molecule has 0 amide bonds. The lowest BCUT2D eigenvalue weighted by molar-refractivity contribution is -0.319. The van der Waals surface area contributed by atoms with Crippen LogP contribution in [0.3, 0.4) is 0 Å². The second kappa shape index (κ2) is 23.5. The average molecular weight is 1010 g/mol. The van der Waals surface area contributed by atoms with Crippen LogP contribution in [-0.4, -0.2) is 173 Å². The fourth-order valence-electron chi connectivity index (χ4n) is 10.6. The Labute approximate surface area is 413 Å². The molecule has 6 N–H and O–H groups in total. The Balaban J connectivity index is 1.44. The van der Waals surface area contributed by atoms with E-state index in [0.29, 0.717) is 32.4 Å². The van der Waals surface area contributed by atoms with Crippen molar-refractivity contribution in [1.82, 2.24) is 19.9 Å². The lowest BCUT2D eigenvalue weighted by Crippen LogP contribution is -2.61. The molecule has 5 rings (SSSR count). The predicted octanol–water partition coefficient (Wildman–Crippen LogP) is 2.53. The smallest absolute Gasteiger partial charge is 0.311 e. The molecule has 3 saturated heterocycles. The quantitative estimate of drug-likeness (QED) is 0.160. The highest BCUT2D eigenvalue weighted by molar-refractivity contribution is 7.89. The molecule has 0 aliphatic carbocycles. The molecule has 0 saturated carbocycles. The minimum Gasteiger partial charge on any atom is -0.459 e. The van der Waals surface area contributed by atoms with Crippen LogP contribution in [-0.2, 0) is 72.2 Å². The fraction of sp³-hybridized carbons (Fsp3) is 0.796. The minimum atomic E-state index is -3.79. The Kier molecular flexibility index (Phi) is 19.4. The Morgan fingerprint density at radius 1 is 0.900 bits per heavy atom. The molecule has 3 aliphatic rings. The SMILES string of the molecule is CC[C@H]1OC(=O)[C@H](C)[C@@H](O[C@H]2C[C@@](C)(OC)[C@@H](O)[C@H](C)O2)[C@H](C)[C@@H](O[C@@H]2O[C@H](C)C[C@H](N(C)CCc3cn(CCc4ccc(S(N)(=O)=O)cc4)nn3)[C@H]2O)[C@](C)(OC)C[C@@H](C)C(=O)[C@H](C)[C@@H](O)[C@]1(C)O. The summed E-state index contributed by atoms with van der Waals surface area (Å²) in [6, 6.07) is 5.92. The van der Waals surface area contributed by atoms with E-state index in [-0.39, 0.29) is 36.0 Å². The summed E-state index contributed by atoms with van der Waals surface area (Å²) in [7, 11) is 1.10.